The number of methoxy groups -OCH3 is 2. The highest BCUT2D eigenvalue weighted by Gasteiger charge is 2.22. The van der Waals surface area contributed by atoms with Crippen molar-refractivity contribution in [1.29, 1.82) is 0 Å². The van der Waals surface area contributed by atoms with Gasteiger partial charge < -0.3 is 14.4 Å². The lowest BCUT2D eigenvalue weighted by Gasteiger charge is -2.35. The molecule has 0 atom stereocenters. The van der Waals surface area contributed by atoms with Gasteiger partial charge in [-0.25, -0.2) is 0 Å². The molecule has 1 aliphatic rings. The number of amides is 1. The van der Waals surface area contributed by atoms with E-state index in [9.17, 15) is 4.79 Å². The van der Waals surface area contributed by atoms with Gasteiger partial charge in [0.15, 0.2) is 0 Å². The normalized spacial score (nSPS) is 14.9. The summed E-state index contributed by atoms with van der Waals surface area (Å²) in [6.45, 7) is 4.28. The van der Waals surface area contributed by atoms with Crippen molar-refractivity contribution in [2.75, 3.05) is 40.4 Å². The van der Waals surface area contributed by atoms with Crippen molar-refractivity contribution in [1.82, 2.24) is 9.80 Å². The zero-order valence-electron chi connectivity index (χ0n) is 15.5. The minimum Gasteiger partial charge on any atom is -0.497 e. The van der Waals surface area contributed by atoms with E-state index in [4.69, 9.17) is 9.47 Å². The zero-order chi connectivity index (χ0) is 18.4. The quantitative estimate of drug-likeness (QED) is 0.800. The van der Waals surface area contributed by atoms with Gasteiger partial charge in [-0.15, -0.1) is 0 Å². The molecule has 138 valence electrons. The third-order valence-electron chi connectivity index (χ3n) is 4.81. The van der Waals surface area contributed by atoms with Gasteiger partial charge in [0.25, 0.3) is 0 Å². The van der Waals surface area contributed by atoms with E-state index in [1.165, 1.54) is 5.56 Å². The summed E-state index contributed by atoms with van der Waals surface area (Å²) in [5.74, 6) is 1.57. The van der Waals surface area contributed by atoms with Crippen LogP contribution in [0.1, 0.15) is 11.1 Å². The maximum Gasteiger partial charge on any atom is 0.227 e. The highest BCUT2D eigenvalue weighted by atomic mass is 16.5. The Bertz CT molecular complexity index is 725. The van der Waals surface area contributed by atoms with Gasteiger partial charge in [0.1, 0.15) is 11.5 Å². The topological polar surface area (TPSA) is 42.0 Å². The van der Waals surface area contributed by atoms with Gasteiger partial charge in [-0.1, -0.05) is 36.4 Å². The van der Waals surface area contributed by atoms with Crippen molar-refractivity contribution in [3.8, 4) is 11.5 Å². The van der Waals surface area contributed by atoms with Gasteiger partial charge in [0.05, 0.1) is 20.6 Å². The van der Waals surface area contributed by atoms with Crippen LogP contribution >= 0.6 is 0 Å². The average Bonchev–Trinajstić information content (AvgIpc) is 2.69. The first kappa shape index (κ1) is 18.3. The highest BCUT2D eigenvalue weighted by Crippen LogP contribution is 2.25. The number of hydrogen-bond donors (Lipinski definition) is 0. The molecule has 0 aromatic heterocycles. The van der Waals surface area contributed by atoms with Gasteiger partial charge in [-0.2, -0.15) is 0 Å². The van der Waals surface area contributed by atoms with Gasteiger partial charge in [-0.05, 0) is 11.6 Å². The van der Waals surface area contributed by atoms with Crippen LogP contribution in [0.5, 0.6) is 11.5 Å². The van der Waals surface area contributed by atoms with Crippen LogP contribution in [0.15, 0.2) is 48.5 Å². The first-order chi connectivity index (χ1) is 12.7. The first-order valence-corrected chi connectivity index (χ1v) is 8.94. The van der Waals surface area contributed by atoms with E-state index in [1.807, 2.05) is 29.2 Å². The van der Waals surface area contributed by atoms with Crippen LogP contribution in [0.3, 0.4) is 0 Å². The van der Waals surface area contributed by atoms with Crippen molar-refractivity contribution >= 4 is 5.91 Å². The molecule has 5 nitrogen and oxygen atoms in total. The Morgan fingerprint density at radius 2 is 1.69 bits per heavy atom. The second kappa shape index (κ2) is 8.72. The van der Waals surface area contributed by atoms with E-state index in [2.05, 4.69) is 29.2 Å². The Balaban J connectivity index is 1.54. The first-order valence-electron chi connectivity index (χ1n) is 8.94. The number of ether oxygens (including phenoxy) is 2. The number of hydrogen-bond acceptors (Lipinski definition) is 4. The minimum absolute atomic E-state index is 0.146. The summed E-state index contributed by atoms with van der Waals surface area (Å²) in [5, 5.41) is 0. The Morgan fingerprint density at radius 1 is 0.962 bits per heavy atom. The van der Waals surface area contributed by atoms with E-state index < -0.39 is 0 Å². The van der Waals surface area contributed by atoms with E-state index in [0.717, 1.165) is 44.0 Å². The maximum absolute atomic E-state index is 12.7. The molecule has 0 bridgehead atoms. The lowest BCUT2D eigenvalue weighted by molar-refractivity contribution is -0.132. The SMILES string of the molecule is COc1ccc(CC(=O)N2CCN(Cc3ccccc3)CC2)c(OC)c1. The molecular formula is C21H26N2O3. The number of nitrogens with zero attached hydrogens (tertiary/aromatic N) is 2. The fourth-order valence-corrected chi connectivity index (χ4v) is 3.27. The number of carbonyl (C=O) groups is 1. The van der Waals surface area contributed by atoms with Crippen LogP contribution in [0.4, 0.5) is 0 Å². The van der Waals surface area contributed by atoms with Crippen molar-refractivity contribution in [3.05, 3.63) is 59.7 Å². The van der Waals surface area contributed by atoms with Gasteiger partial charge >= 0.3 is 0 Å². The standard InChI is InChI=1S/C21H26N2O3/c1-25-19-9-8-18(20(15-19)26-2)14-21(24)23-12-10-22(11-13-23)16-17-6-4-3-5-7-17/h3-9,15H,10-14,16H2,1-2H3. The average molecular weight is 354 g/mol. The molecule has 1 saturated heterocycles. The van der Waals surface area contributed by atoms with Crippen LogP contribution < -0.4 is 9.47 Å². The Hall–Kier alpha value is -2.53. The lowest BCUT2D eigenvalue weighted by Crippen LogP contribution is -2.48. The molecule has 0 spiro atoms. The number of rotatable bonds is 6. The van der Waals surface area contributed by atoms with Gasteiger partial charge in [0, 0.05) is 44.4 Å². The number of carbonyl (C=O) groups excluding carboxylic acids is 1. The van der Waals surface area contributed by atoms with E-state index in [0.29, 0.717) is 12.2 Å². The third-order valence-corrected chi connectivity index (χ3v) is 4.81. The van der Waals surface area contributed by atoms with Gasteiger partial charge in [-0.3, -0.25) is 9.69 Å². The van der Waals surface area contributed by atoms with Crippen LogP contribution in [0.25, 0.3) is 0 Å². The van der Waals surface area contributed by atoms with Crippen LogP contribution in [-0.2, 0) is 17.8 Å². The fourth-order valence-electron chi connectivity index (χ4n) is 3.27. The molecule has 0 radical (unpaired) electrons. The Labute approximate surface area is 155 Å². The molecule has 26 heavy (non-hydrogen) atoms. The third kappa shape index (κ3) is 4.55. The molecular weight excluding hydrogens is 328 g/mol. The second-order valence-corrected chi connectivity index (χ2v) is 6.50. The van der Waals surface area contributed by atoms with Crippen LogP contribution in [0, 0.1) is 0 Å². The molecule has 5 heteroatoms. The summed E-state index contributed by atoms with van der Waals surface area (Å²) in [6.07, 6.45) is 0.353. The number of piperazine rings is 1. The predicted molar refractivity (Wildman–Crippen MR) is 102 cm³/mol. The highest BCUT2D eigenvalue weighted by molar-refractivity contribution is 5.79. The van der Waals surface area contributed by atoms with Crippen LogP contribution in [0.2, 0.25) is 0 Å². The largest absolute Gasteiger partial charge is 0.497 e. The molecule has 2 aromatic rings. The van der Waals surface area contributed by atoms with Crippen molar-refractivity contribution in [2.45, 2.75) is 13.0 Å². The Kier molecular flexibility index (Phi) is 6.12. The molecule has 0 aliphatic carbocycles. The zero-order valence-corrected chi connectivity index (χ0v) is 15.5. The molecule has 0 N–H and O–H groups in total. The minimum atomic E-state index is 0.146. The molecule has 1 heterocycles. The summed E-state index contributed by atoms with van der Waals surface area (Å²) in [5.41, 5.74) is 2.21. The van der Waals surface area contributed by atoms with Crippen molar-refractivity contribution in [2.24, 2.45) is 0 Å². The van der Waals surface area contributed by atoms with Crippen molar-refractivity contribution < 1.29 is 14.3 Å². The number of benzene rings is 2. The lowest BCUT2D eigenvalue weighted by atomic mass is 10.1. The molecule has 0 unspecified atom stereocenters. The smallest absolute Gasteiger partial charge is 0.227 e. The second-order valence-electron chi connectivity index (χ2n) is 6.50. The maximum atomic E-state index is 12.7. The molecule has 0 saturated carbocycles. The van der Waals surface area contributed by atoms with Crippen LogP contribution in [-0.4, -0.2) is 56.1 Å². The van der Waals surface area contributed by atoms with E-state index in [-0.39, 0.29) is 5.91 Å². The molecule has 1 aliphatic heterocycles. The molecule has 2 aromatic carbocycles. The molecule has 1 fully saturated rings. The summed E-state index contributed by atoms with van der Waals surface area (Å²) in [7, 11) is 3.24. The fraction of sp³-hybridized carbons (Fsp3) is 0.381. The van der Waals surface area contributed by atoms with E-state index >= 15 is 0 Å². The summed E-state index contributed by atoms with van der Waals surface area (Å²) in [6, 6.07) is 16.0. The monoisotopic (exact) mass is 354 g/mol. The van der Waals surface area contributed by atoms with E-state index in [1.54, 1.807) is 14.2 Å². The summed E-state index contributed by atoms with van der Waals surface area (Å²) in [4.78, 5) is 17.0. The predicted octanol–water partition coefficient (Wildman–Crippen LogP) is 2.59. The summed E-state index contributed by atoms with van der Waals surface area (Å²) < 4.78 is 10.6. The van der Waals surface area contributed by atoms with Crippen molar-refractivity contribution in [3.63, 3.8) is 0 Å². The Morgan fingerprint density at radius 3 is 2.35 bits per heavy atom. The summed E-state index contributed by atoms with van der Waals surface area (Å²) >= 11 is 0. The molecule has 1 amide bonds. The molecule has 3 rings (SSSR count). The van der Waals surface area contributed by atoms with Gasteiger partial charge in [0.2, 0.25) is 5.91 Å².